The first-order chi connectivity index (χ1) is 5.36. The molecule has 0 bridgehead atoms. The van der Waals surface area contributed by atoms with Crippen LogP contribution in [0.5, 0.6) is 0 Å². The van der Waals surface area contributed by atoms with Gasteiger partial charge in [-0.15, -0.1) is 0 Å². The Morgan fingerprint density at radius 3 is 1.23 bits per heavy atom. The van der Waals surface area contributed by atoms with Gasteiger partial charge < -0.3 is 16.7 Å². The first-order valence-electron chi connectivity index (χ1n) is 2.99. The summed E-state index contributed by atoms with van der Waals surface area (Å²) in [6, 6.07) is 0. The van der Waals surface area contributed by atoms with E-state index in [0.717, 1.165) is 6.92 Å². The first-order valence-corrected chi connectivity index (χ1v) is 2.99. The SMILES string of the molecule is CC(=O)O.O=C(O)CCC(=O)O.[H-].[Na+]. The van der Waals surface area contributed by atoms with Crippen molar-refractivity contribution in [2.45, 2.75) is 19.8 Å². The maximum absolute atomic E-state index is 9.64. The van der Waals surface area contributed by atoms with Crippen LogP contribution in [0, 0.1) is 0 Å². The van der Waals surface area contributed by atoms with Gasteiger partial charge >= 0.3 is 41.5 Å². The molecule has 6 nitrogen and oxygen atoms in total. The number of carbonyl (C=O) groups is 3. The molecule has 0 aromatic carbocycles. The maximum Gasteiger partial charge on any atom is 1.00 e. The second-order valence-electron chi connectivity index (χ2n) is 1.81. The molecule has 0 saturated heterocycles. The van der Waals surface area contributed by atoms with E-state index in [1.54, 1.807) is 0 Å². The monoisotopic (exact) mass is 202 g/mol. The molecule has 0 radical (unpaired) electrons. The summed E-state index contributed by atoms with van der Waals surface area (Å²) in [6.07, 6.45) is -0.593. The average molecular weight is 202 g/mol. The zero-order valence-corrected chi connectivity index (χ0v) is 9.48. The molecule has 0 aromatic heterocycles. The summed E-state index contributed by atoms with van der Waals surface area (Å²) in [4.78, 5) is 28.3. The van der Waals surface area contributed by atoms with Crippen LogP contribution in [-0.2, 0) is 14.4 Å². The van der Waals surface area contributed by atoms with Gasteiger partial charge in [0.1, 0.15) is 0 Å². The van der Waals surface area contributed by atoms with Crippen LogP contribution in [-0.4, -0.2) is 33.2 Å². The third-order valence-corrected chi connectivity index (χ3v) is 0.553. The molecule has 3 N–H and O–H groups in total. The summed E-state index contributed by atoms with van der Waals surface area (Å²) < 4.78 is 0. The molecule has 7 heteroatoms. The van der Waals surface area contributed by atoms with Gasteiger partial charge in [-0.05, 0) is 0 Å². The van der Waals surface area contributed by atoms with Crippen molar-refractivity contribution < 1.29 is 60.7 Å². The zero-order valence-electron chi connectivity index (χ0n) is 8.48. The fourth-order valence-corrected chi connectivity index (χ4v) is 0.214. The number of hydrogen-bond donors (Lipinski definition) is 3. The third-order valence-electron chi connectivity index (χ3n) is 0.553. The number of rotatable bonds is 3. The molecule has 13 heavy (non-hydrogen) atoms. The fourth-order valence-electron chi connectivity index (χ4n) is 0.214. The summed E-state index contributed by atoms with van der Waals surface area (Å²) in [5.41, 5.74) is 0. The van der Waals surface area contributed by atoms with Crippen molar-refractivity contribution in [3.8, 4) is 0 Å². The van der Waals surface area contributed by atoms with Crippen molar-refractivity contribution in [2.24, 2.45) is 0 Å². The zero-order chi connectivity index (χ0) is 10.1. The van der Waals surface area contributed by atoms with E-state index in [1.807, 2.05) is 0 Å². The van der Waals surface area contributed by atoms with Crippen molar-refractivity contribution in [1.29, 1.82) is 0 Å². The van der Waals surface area contributed by atoms with Crippen LogP contribution >= 0.6 is 0 Å². The van der Waals surface area contributed by atoms with E-state index in [4.69, 9.17) is 20.1 Å². The minimum absolute atomic E-state index is 0. The fraction of sp³-hybridized carbons (Fsp3) is 0.500. The summed E-state index contributed by atoms with van der Waals surface area (Å²) in [7, 11) is 0. The van der Waals surface area contributed by atoms with E-state index in [1.165, 1.54) is 0 Å². The molecule has 0 aliphatic rings. The smallest absolute Gasteiger partial charge is 1.00 e. The third kappa shape index (κ3) is 52.0. The molecule has 0 aliphatic carbocycles. The average Bonchev–Trinajstić information content (AvgIpc) is 1.82. The number of carboxylic acid groups (broad SMARTS) is 3. The first kappa shape index (κ1) is 18.2. The normalized spacial score (nSPS) is 7.15. The largest absolute Gasteiger partial charge is 1.00 e. The molecular formula is C6H11NaO6. The van der Waals surface area contributed by atoms with Crippen molar-refractivity contribution in [2.75, 3.05) is 0 Å². The second kappa shape index (κ2) is 11.4. The van der Waals surface area contributed by atoms with Crippen LogP contribution in [0.15, 0.2) is 0 Å². The Morgan fingerprint density at radius 2 is 1.15 bits per heavy atom. The van der Waals surface area contributed by atoms with Crippen LogP contribution in [0.25, 0.3) is 0 Å². The van der Waals surface area contributed by atoms with E-state index in [0.29, 0.717) is 0 Å². The molecule has 0 atom stereocenters. The van der Waals surface area contributed by atoms with Gasteiger partial charge in [-0.1, -0.05) is 0 Å². The van der Waals surface area contributed by atoms with Gasteiger partial charge in [-0.3, -0.25) is 14.4 Å². The van der Waals surface area contributed by atoms with Gasteiger partial charge in [0, 0.05) is 6.92 Å². The molecule has 0 heterocycles. The molecule has 0 unspecified atom stereocenters. The van der Waals surface area contributed by atoms with Gasteiger partial charge in [0.25, 0.3) is 5.97 Å². The Morgan fingerprint density at radius 1 is 1.00 bits per heavy atom. The van der Waals surface area contributed by atoms with Gasteiger partial charge in [0.05, 0.1) is 12.8 Å². The Kier molecular flexibility index (Phi) is 16.0. The quantitative estimate of drug-likeness (QED) is 0.424. The van der Waals surface area contributed by atoms with E-state index >= 15 is 0 Å². The van der Waals surface area contributed by atoms with E-state index in [9.17, 15) is 9.59 Å². The minimum atomic E-state index is -1.08. The standard InChI is InChI=1S/C4H6O4.C2H4O2.Na.H/c5-3(6)1-2-4(7)8;1-2(3)4;;/h1-2H2,(H,5,6)(H,7,8);1H3,(H,3,4);;/q;;+1;-1. The molecule has 0 spiro atoms. The Hall–Kier alpha value is -0.590. The van der Waals surface area contributed by atoms with Crippen LogP contribution < -0.4 is 29.6 Å². The molecular weight excluding hydrogens is 191 g/mol. The van der Waals surface area contributed by atoms with Gasteiger partial charge in [-0.2, -0.15) is 0 Å². The molecule has 0 fully saturated rings. The Labute approximate surface area is 98.3 Å². The maximum atomic E-state index is 9.64. The molecule has 0 rings (SSSR count). The van der Waals surface area contributed by atoms with Crippen LogP contribution in [0.3, 0.4) is 0 Å². The molecule has 0 amide bonds. The summed E-state index contributed by atoms with van der Waals surface area (Å²) >= 11 is 0. The molecule has 0 aromatic rings. The van der Waals surface area contributed by atoms with Gasteiger partial charge in [0.2, 0.25) is 0 Å². The summed E-state index contributed by atoms with van der Waals surface area (Å²) in [6.45, 7) is 1.08. The van der Waals surface area contributed by atoms with E-state index in [-0.39, 0.29) is 43.8 Å². The van der Waals surface area contributed by atoms with Crippen LogP contribution in [0.4, 0.5) is 0 Å². The van der Waals surface area contributed by atoms with E-state index in [2.05, 4.69) is 0 Å². The van der Waals surface area contributed by atoms with Gasteiger partial charge in [0.15, 0.2) is 0 Å². The van der Waals surface area contributed by atoms with E-state index < -0.39 is 17.9 Å². The Bertz CT molecular complexity index is 165. The molecule has 0 aliphatic heterocycles. The molecule has 0 saturated carbocycles. The number of aliphatic carboxylic acids is 3. The van der Waals surface area contributed by atoms with Gasteiger partial charge in [-0.25, -0.2) is 0 Å². The van der Waals surface area contributed by atoms with Crippen LogP contribution in [0.2, 0.25) is 0 Å². The van der Waals surface area contributed by atoms with Crippen molar-refractivity contribution >= 4 is 17.9 Å². The summed E-state index contributed by atoms with van der Waals surface area (Å²) in [5, 5.41) is 23.2. The topological polar surface area (TPSA) is 112 Å². The number of hydrogen-bond acceptors (Lipinski definition) is 3. The molecule has 72 valence electrons. The minimum Gasteiger partial charge on any atom is -1.00 e. The van der Waals surface area contributed by atoms with Crippen molar-refractivity contribution in [1.82, 2.24) is 0 Å². The predicted octanol–water partition coefficient (Wildman–Crippen LogP) is -2.86. The summed E-state index contributed by atoms with van der Waals surface area (Å²) in [5.74, 6) is -2.99. The Balaban J connectivity index is -0.0000000733. The number of carboxylic acids is 3. The second-order valence-corrected chi connectivity index (χ2v) is 1.81. The predicted molar refractivity (Wildman–Crippen MR) is 38.9 cm³/mol. The van der Waals surface area contributed by atoms with Crippen LogP contribution in [0.1, 0.15) is 21.2 Å². The van der Waals surface area contributed by atoms with Crippen molar-refractivity contribution in [3.63, 3.8) is 0 Å². The van der Waals surface area contributed by atoms with Crippen molar-refractivity contribution in [3.05, 3.63) is 0 Å².